The Bertz CT molecular complexity index is 206. The van der Waals surface area contributed by atoms with Gasteiger partial charge in [-0.05, 0) is 26.5 Å². The summed E-state index contributed by atoms with van der Waals surface area (Å²) in [6.45, 7) is 8.87. The molecule has 0 amide bonds. The summed E-state index contributed by atoms with van der Waals surface area (Å²) in [6, 6.07) is 0. The van der Waals surface area contributed by atoms with Crippen molar-refractivity contribution in [3.05, 3.63) is 24.6 Å². The van der Waals surface area contributed by atoms with Gasteiger partial charge in [0.2, 0.25) is 0 Å². The molecule has 68 valence electrons. The third-order valence-corrected chi connectivity index (χ3v) is 2.20. The molecule has 0 aliphatic carbocycles. The number of rotatable bonds is 0. The summed E-state index contributed by atoms with van der Waals surface area (Å²) >= 11 is 0. The van der Waals surface area contributed by atoms with E-state index in [1.165, 1.54) is 0 Å². The summed E-state index contributed by atoms with van der Waals surface area (Å²) < 4.78 is 5.66. The van der Waals surface area contributed by atoms with Crippen molar-refractivity contribution in [2.75, 3.05) is 13.7 Å². The van der Waals surface area contributed by atoms with E-state index in [1.54, 1.807) is 0 Å². The number of hydrogen-bond donors (Lipinski definition) is 0. The molecule has 1 heterocycles. The van der Waals surface area contributed by atoms with Crippen molar-refractivity contribution < 1.29 is 4.74 Å². The van der Waals surface area contributed by atoms with Gasteiger partial charge < -0.3 is 9.64 Å². The van der Waals surface area contributed by atoms with Crippen LogP contribution in [0, 0.1) is 0 Å². The summed E-state index contributed by atoms with van der Waals surface area (Å²) in [5.41, 5.74) is 0.762. The summed E-state index contributed by atoms with van der Waals surface area (Å²) in [5.74, 6) is 0. The van der Waals surface area contributed by atoms with Crippen LogP contribution >= 0.6 is 0 Å². The van der Waals surface area contributed by atoms with Gasteiger partial charge in [-0.2, -0.15) is 0 Å². The van der Waals surface area contributed by atoms with Crippen LogP contribution in [0.5, 0.6) is 0 Å². The van der Waals surface area contributed by atoms with Gasteiger partial charge in [-0.15, -0.1) is 0 Å². The minimum absolute atomic E-state index is 0.237. The van der Waals surface area contributed by atoms with Crippen LogP contribution in [0.1, 0.15) is 20.3 Å². The van der Waals surface area contributed by atoms with Gasteiger partial charge in [-0.1, -0.05) is 12.7 Å². The molecular weight excluding hydrogens is 150 g/mol. The second-order valence-electron chi connectivity index (χ2n) is 3.59. The second kappa shape index (κ2) is 3.31. The number of ether oxygens (including phenoxy) is 1. The zero-order valence-electron chi connectivity index (χ0n) is 8.13. The van der Waals surface area contributed by atoms with Crippen molar-refractivity contribution in [1.82, 2.24) is 4.90 Å². The highest BCUT2D eigenvalue weighted by molar-refractivity contribution is 5.12. The Balaban J connectivity index is 2.81. The minimum atomic E-state index is -0.237. The van der Waals surface area contributed by atoms with E-state index in [1.807, 2.05) is 32.0 Å². The molecule has 1 aliphatic heterocycles. The lowest BCUT2D eigenvalue weighted by molar-refractivity contribution is -0.00221. The Kier molecular flexibility index (Phi) is 2.58. The highest BCUT2D eigenvalue weighted by Crippen LogP contribution is 2.23. The van der Waals surface area contributed by atoms with E-state index in [2.05, 4.69) is 12.7 Å². The molecule has 0 radical (unpaired) electrons. The van der Waals surface area contributed by atoms with Gasteiger partial charge in [0.05, 0.1) is 6.61 Å². The molecule has 0 bridgehead atoms. The summed E-state index contributed by atoms with van der Waals surface area (Å²) in [6.07, 6.45) is 5.12. The Morgan fingerprint density at radius 3 is 2.92 bits per heavy atom. The number of nitrogens with zero attached hydrogens (tertiary/aromatic N) is 1. The van der Waals surface area contributed by atoms with Crippen molar-refractivity contribution >= 4 is 0 Å². The first-order valence-electron chi connectivity index (χ1n) is 4.27. The first kappa shape index (κ1) is 9.33. The van der Waals surface area contributed by atoms with Crippen LogP contribution < -0.4 is 0 Å². The molecule has 0 fully saturated rings. The predicted molar refractivity (Wildman–Crippen MR) is 50.7 cm³/mol. The highest BCUT2D eigenvalue weighted by Gasteiger charge is 2.25. The maximum Gasteiger partial charge on any atom is 0.102 e. The lowest BCUT2D eigenvalue weighted by Gasteiger charge is -2.33. The molecule has 2 nitrogen and oxygen atoms in total. The molecule has 0 saturated carbocycles. The molecule has 1 rings (SSSR count). The monoisotopic (exact) mass is 167 g/mol. The fourth-order valence-electron chi connectivity index (χ4n) is 1.21. The maximum atomic E-state index is 5.66. The molecule has 0 aromatic carbocycles. The van der Waals surface area contributed by atoms with Crippen LogP contribution in [0.25, 0.3) is 0 Å². The lowest BCUT2D eigenvalue weighted by atomic mass is 10.0. The van der Waals surface area contributed by atoms with E-state index in [9.17, 15) is 0 Å². The summed E-state index contributed by atoms with van der Waals surface area (Å²) in [7, 11) is 2.00. The van der Waals surface area contributed by atoms with Gasteiger partial charge in [0.15, 0.2) is 0 Å². The average Bonchev–Trinajstić information content (AvgIpc) is 2.00. The molecule has 0 saturated heterocycles. The lowest BCUT2D eigenvalue weighted by Crippen LogP contribution is -2.34. The van der Waals surface area contributed by atoms with E-state index in [0.29, 0.717) is 0 Å². The summed E-state index contributed by atoms with van der Waals surface area (Å²) in [5, 5.41) is 0. The van der Waals surface area contributed by atoms with E-state index in [0.717, 1.165) is 18.7 Å². The van der Waals surface area contributed by atoms with E-state index in [4.69, 9.17) is 4.74 Å². The van der Waals surface area contributed by atoms with Gasteiger partial charge in [0, 0.05) is 12.7 Å². The molecule has 2 heteroatoms. The normalized spacial score (nSPS) is 26.2. The van der Waals surface area contributed by atoms with Crippen LogP contribution in [0.3, 0.4) is 0 Å². The zero-order chi connectivity index (χ0) is 9.19. The van der Waals surface area contributed by atoms with Crippen molar-refractivity contribution in [3.63, 3.8) is 0 Å². The van der Waals surface area contributed by atoms with Crippen LogP contribution in [0.15, 0.2) is 24.6 Å². The molecule has 0 N–H and O–H groups in total. The van der Waals surface area contributed by atoms with Crippen LogP contribution in [-0.4, -0.2) is 24.2 Å². The zero-order valence-corrected chi connectivity index (χ0v) is 8.13. The number of likely N-dealkylation sites (N-methyl/N-ethyl adjacent to an activating group) is 1. The van der Waals surface area contributed by atoms with Crippen molar-refractivity contribution in [1.29, 1.82) is 0 Å². The first-order valence-corrected chi connectivity index (χ1v) is 4.27. The largest absolute Gasteiger partial charge is 0.369 e. The van der Waals surface area contributed by atoms with Crippen molar-refractivity contribution in [2.24, 2.45) is 0 Å². The first-order chi connectivity index (χ1) is 5.54. The predicted octanol–water partition coefficient (Wildman–Crippen LogP) is 2.14. The average molecular weight is 167 g/mol. The Morgan fingerprint density at radius 1 is 1.58 bits per heavy atom. The quantitative estimate of drug-likeness (QED) is 0.548. The third-order valence-electron chi connectivity index (χ3n) is 2.20. The molecule has 0 spiro atoms. The van der Waals surface area contributed by atoms with Gasteiger partial charge in [-0.3, -0.25) is 0 Å². The molecule has 0 aromatic rings. The van der Waals surface area contributed by atoms with E-state index >= 15 is 0 Å². The van der Waals surface area contributed by atoms with Gasteiger partial charge in [0.1, 0.15) is 5.60 Å². The minimum Gasteiger partial charge on any atom is -0.369 e. The molecule has 12 heavy (non-hydrogen) atoms. The molecule has 0 unspecified atom stereocenters. The van der Waals surface area contributed by atoms with Gasteiger partial charge in [0.25, 0.3) is 0 Å². The van der Waals surface area contributed by atoms with Crippen LogP contribution in [0.2, 0.25) is 0 Å². The fraction of sp³-hybridized carbons (Fsp3) is 0.600. The summed E-state index contributed by atoms with van der Waals surface area (Å²) in [4.78, 5) is 2.01. The van der Waals surface area contributed by atoms with Crippen molar-refractivity contribution in [2.45, 2.75) is 25.9 Å². The fourth-order valence-corrected chi connectivity index (χ4v) is 1.21. The van der Waals surface area contributed by atoms with Crippen LogP contribution in [-0.2, 0) is 4.74 Å². The highest BCUT2D eigenvalue weighted by atomic mass is 16.5. The van der Waals surface area contributed by atoms with Gasteiger partial charge >= 0.3 is 0 Å². The standard InChI is InChI=1S/C10H17NO/c1-9-10(2,3)12-8-6-5-7-11(9)4/h5,7H,1,6,8H2,2-4H3/b7-5-. The molecular formula is C10H17NO. The van der Waals surface area contributed by atoms with Gasteiger partial charge in [-0.25, -0.2) is 0 Å². The smallest absolute Gasteiger partial charge is 0.102 e. The molecule has 0 aromatic heterocycles. The van der Waals surface area contributed by atoms with E-state index in [-0.39, 0.29) is 5.60 Å². The third kappa shape index (κ3) is 1.89. The maximum absolute atomic E-state index is 5.66. The molecule has 1 aliphatic rings. The Labute approximate surface area is 74.5 Å². The van der Waals surface area contributed by atoms with Crippen LogP contribution in [0.4, 0.5) is 0 Å². The Hall–Kier alpha value is -0.760. The van der Waals surface area contributed by atoms with E-state index < -0.39 is 0 Å². The van der Waals surface area contributed by atoms with Crippen molar-refractivity contribution in [3.8, 4) is 0 Å². The SMILES string of the molecule is C=C1N(C)/C=C\CCOC1(C)C. The topological polar surface area (TPSA) is 12.5 Å². The number of hydrogen-bond acceptors (Lipinski definition) is 2. The second-order valence-corrected chi connectivity index (χ2v) is 3.59. The Morgan fingerprint density at radius 2 is 2.25 bits per heavy atom. The molecule has 0 atom stereocenters.